The summed E-state index contributed by atoms with van der Waals surface area (Å²) in [7, 11) is 3.08. The van der Waals surface area contributed by atoms with Gasteiger partial charge in [0.05, 0.1) is 41.2 Å². The molecule has 0 spiro atoms. The van der Waals surface area contributed by atoms with E-state index in [1.54, 1.807) is 32.6 Å². The molecule has 2 aromatic heterocycles. The van der Waals surface area contributed by atoms with Crippen LogP contribution in [0.3, 0.4) is 0 Å². The number of ether oxygens (including phenoxy) is 3. The topological polar surface area (TPSA) is 58.4 Å². The fourth-order valence-corrected chi connectivity index (χ4v) is 4.28. The minimum absolute atomic E-state index is 0.124. The highest BCUT2D eigenvalue weighted by Gasteiger charge is 2.24. The number of halogens is 2. The lowest BCUT2D eigenvalue weighted by molar-refractivity contribution is -0.0367. The standard InChI is InChI=1S/C21H21Cl2N3O3/c1-4-13-12-11-24-14(9-15(12)26(25-13)18-7-5-6-8-29-18)19-20(22)16(27-2)10-17(28-3)21(19)23/h4,9-11,18H,1,5-8H2,2-3H3. The van der Waals surface area contributed by atoms with Gasteiger partial charge in [-0.1, -0.05) is 29.8 Å². The van der Waals surface area contributed by atoms with E-state index in [1.165, 1.54) is 0 Å². The van der Waals surface area contributed by atoms with Crippen molar-refractivity contribution >= 4 is 40.2 Å². The lowest BCUT2D eigenvalue weighted by atomic mass is 10.1. The molecule has 1 aromatic carbocycles. The third-order valence-electron chi connectivity index (χ3n) is 5.07. The Labute approximate surface area is 179 Å². The van der Waals surface area contributed by atoms with Gasteiger partial charge in [-0.05, 0) is 31.4 Å². The lowest BCUT2D eigenvalue weighted by Crippen LogP contribution is -2.19. The van der Waals surface area contributed by atoms with Crippen LogP contribution in [0.5, 0.6) is 11.5 Å². The molecule has 1 unspecified atom stereocenters. The maximum absolute atomic E-state index is 6.58. The predicted molar refractivity (Wildman–Crippen MR) is 115 cm³/mol. The third kappa shape index (κ3) is 3.45. The normalized spacial score (nSPS) is 16.8. The first-order chi connectivity index (χ1) is 14.1. The highest BCUT2D eigenvalue weighted by atomic mass is 35.5. The van der Waals surface area contributed by atoms with E-state index >= 15 is 0 Å². The molecule has 8 heteroatoms. The van der Waals surface area contributed by atoms with Crippen LogP contribution in [0.1, 0.15) is 31.2 Å². The van der Waals surface area contributed by atoms with Crippen LogP contribution in [0, 0.1) is 0 Å². The smallest absolute Gasteiger partial charge is 0.150 e. The zero-order valence-electron chi connectivity index (χ0n) is 16.2. The van der Waals surface area contributed by atoms with Crippen LogP contribution >= 0.6 is 23.2 Å². The van der Waals surface area contributed by atoms with Crippen LogP contribution in [0.2, 0.25) is 10.0 Å². The highest BCUT2D eigenvalue weighted by Crippen LogP contribution is 2.46. The van der Waals surface area contributed by atoms with Crippen LogP contribution in [0.4, 0.5) is 0 Å². The fourth-order valence-electron chi connectivity index (χ4n) is 3.59. The summed E-state index contributed by atoms with van der Waals surface area (Å²) in [6, 6.07) is 3.57. The van der Waals surface area contributed by atoms with Gasteiger partial charge < -0.3 is 14.2 Å². The molecule has 1 aliphatic rings. The second-order valence-electron chi connectivity index (χ2n) is 6.73. The Morgan fingerprint density at radius 2 is 1.90 bits per heavy atom. The molecule has 0 saturated carbocycles. The van der Waals surface area contributed by atoms with E-state index in [-0.39, 0.29) is 6.23 Å². The summed E-state index contributed by atoms with van der Waals surface area (Å²) in [4.78, 5) is 4.59. The Balaban J connectivity index is 1.93. The number of hydrogen-bond acceptors (Lipinski definition) is 5. The Morgan fingerprint density at radius 3 is 2.48 bits per heavy atom. The van der Waals surface area contributed by atoms with Gasteiger partial charge >= 0.3 is 0 Å². The van der Waals surface area contributed by atoms with Gasteiger partial charge in [-0.3, -0.25) is 4.98 Å². The number of methoxy groups -OCH3 is 2. The molecule has 1 aliphatic heterocycles. The Morgan fingerprint density at radius 1 is 1.17 bits per heavy atom. The first-order valence-electron chi connectivity index (χ1n) is 9.31. The van der Waals surface area contributed by atoms with Crippen LogP contribution in [-0.4, -0.2) is 35.6 Å². The number of aromatic nitrogens is 3. The summed E-state index contributed by atoms with van der Waals surface area (Å²) < 4.78 is 18.6. The maximum atomic E-state index is 6.58. The highest BCUT2D eigenvalue weighted by molar-refractivity contribution is 6.41. The fraction of sp³-hybridized carbons (Fsp3) is 0.333. The van der Waals surface area contributed by atoms with E-state index < -0.39 is 0 Å². The van der Waals surface area contributed by atoms with E-state index in [4.69, 9.17) is 42.5 Å². The molecule has 4 rings (SSSR count). The minimum atomic E-state index is -0.124. The average molecular weight is 434 g/mol. The van der Waals surface area contributed by atoms with Crippen LogP contribution in [-0.2, 0) is 4.74 Å². The summed E-state index contributed by atoms with van der Waals surface area (Å²) >= 11 is 13.2. The molecule has 0 N–H and O–H groups in total. The molecule has 3 heterocycles. The summed E-state index contributed by atoms with van der Waals surface area (Å²) in [6.45, 7) is 4.59. The van der Waals surface area contributed by atoms with Gasteiger partial charge in [-0.2, -0.15) is 5.10 Å². The summed E-state index contributed by atoms with van der Waals surface area (Å²) in [5.74, 6) is 0.918. The lowest BCUT2D eigenvalue weighted by Gasteiger charge is -2.23. The first-order valence-corrected chi connectivity index (χ1v) is 10.1. The molecule has 3 aromatic rings. The number of hydrogen-bond donors (Lipinski definition) is 0. The van der Waals surface area contributed by atoms with Crippen molar-refractivity contribution in [3.05, 3.63) is 40.6 Å². The van der Waals surface area contributed by atoms with Crippen molar-refractivity contribution in [3.63, 3.8) is 0 Å². The number of pyridine rings is 1. The third-order valence-corrected chi connectivity index (χ3v) is 5.82. The van der Waals surface area contributed by atoms with Crippen LogP contribution < -0.4 is 9.47 Å². The molecule has 0 aliphatic carbocycles. The predicted octanol–water partition coefficient (Wildman–Crippen LogP) is 5.76. The van der Waals surface area contributed by atoms with Gasteiger partial charge in [-0.25, -0.2) is 4.68 Å². The molecule has 152 valence electrons. The molecule has 29 heavy (non-hydrogen) atoms. The maximum Gasteiger partial charge on any atom is 0.150 e. The van der Waals surface area contributed by atoms with E-state index in [0.717, 1.165) is 42.5 Å². The largest absolute Gasteiger partial charge is 0.495 e. The van der Waals surface area contributed by atoms with Crippen molar-refractivity contribution < 1.29 is 14.2 Å². The van der Waals surface area contributed by atoms with Crippen molar-refractivity contribution in [2.45, 2.75) is 25.5 Å². The van der Waals surface area contributed by atoms with Gasteiger partial charge in [0.2, 0.25) is 0 Å². The molecule has 1 fully saturated rings. The molecule has 1 saturated heterocycles. The van der Waals surface area contributed by atoms with E-state index in [0.29, 0.717) is 32.8 Å². The second-order valence-corrected chi connectivity index (χ2v) is 7.48. The van der Waals surface area contributed by atoms with Crippen molar-refractivity contribution in [3.8, 4) is 22.8 Å². The zero-order chi connectivity index (χ0) is 20.5. The quantitative estimate of drug-likeness (QED) is 0.511. The van der Waals surface area contributed by atoms with Gasteiger partial charge in [0.15, 0.2) is 6.23 Å². The van der Waals surface area contributed by atoms with Crippen molar-refractivity contribution in [1.29, 1.82) is 0 Å². The van der Waals surface area contributed by atoms with Crippen molar-refractivity contribution in [2.24, 2.45) is 0 Å². The van der Waals surface area contributed by atoms with Crippen LogP contribution in [0.15, 0.2) is 24.9 Å². The van der Waals surface area contributed by atoms with Crippen LogP contribution in [0.25, 0.3) is 28.2 Å². The van der Waals surface area contributed by atoms with Gasteiger partial charge in [-0.15, -0.1) is 0 Å². The molecule has 1 atom stereocenters. The summed E-state index contributed by atoms with van der Waals surface area (Å²) in [5, 5.41) is 6.32. The SMILES string of the molecule is C=Cc1nn(C2CCCCO2)c2cc(-c3c(Cl)c(OC)cc(OC)c3Cl)ncc12. The van der Waals surface area contributed by atoms with Gasteiger partial charge in [0.25, 0.3) is 0 Å². The summed E-state index contributed by atoms with van der Waals surface area (Å²) in [6.07, 6.45) is 6.41. The Hall–Kier alpha value is -2.28. The number of fused-ring (bicyclic) bond motifs is 1. The zero-order valence-corrected chi connectivity index (χ0v) is 17.8. The summed E-state index contributed by atoms with van der Waals surface area (Å²) in [5.41, 5.74) is 2.78. The molecule has 0 bridgehead atoms. The van der Waals surface area contributed by atoms with Gasteiger partial charge in [0.1, 0.15) is 11.5 Å². The number of nitrogens with zero attached hydrogens (tertiary/aromatic N) is 3. The van der Waals surface area contributed by atoms with Gasteiger partial charge in [0, 0.05) is 29.8 Å². The number of benzene rings is 1. The monoisotopic (exact) mass is 433 g/mol. The number of rotatable bonds is 5. The molecule has 0 amide bonds. The molecule has 0 radical (unpaired) electrons. The molecular formula is C21H21Cl2N3O3. The molecular weight excluding hydrogens is 413 g/mol. The Kier molecular flexibility index (Phi) is 5.67. The van der Waals surface area contributed by atoms with E-state index in [2.05, 4.69) is 11.6 Å². The van der Waals surface area contributed by atoms with Crippen molar-refractivity contribution in [1.82, 2.24) is 14.8 Å². The Bertz CT molecular complexity index is 1050. The minimum Gasteiger partial charge on any atom is -0.495 e. The second kappa shape index (κ2) is 8.22. The van der Waals surface area contributed by atoms with E-state index in [9.17, 15) is 0 Å². The van der Waals surface area contributed by atoms with Crippen molar-refractivity contribution in [2.75, 3.05) is 20.8 Å². The molecule has 6 nitrogen and oxygen atoms in total. The first kappa shape index (κ1) is 20.0. The average Bonchev–Trinajstić information content (AvgIpc) is 3.13. The van der Waals surface area contributed by atoms with E-state index in [1.807, 2.05) is 10.7 Å².